The van der Waals surface area contributed by atoms with Crippen molar-refractivity contribution in [3.63, 3.8) is 0 Å². The Morgan fingerprint density at radius 2 is 1.80 bits per heavy atom. The molecule has 0 bridgehead atoms. The second kappa shape index (κ2) is 7.55. The van der Waals surface area contributed by atoms with Gasteiger partial charge in [0, 0.05) is 36.3 Å². The van der Waals surface area contributed by atoms with Crippen LogP contribution in [0.4, 0.5) is 16.2 Å². The zero-order valence-electron chi connectivity index (χ0n) is 14.8. The van der Waals surface area contributed by atoms with E-state index in [0.717, 1.165) is 18.5 Å². The molecule has 1 aromatic carbocycles. The van der Waals surface area contributed by atoms with Gasteiger partial charge in [-0.1, -0.05) is 0 Å². The van der Waals surface area contributed by atoms with Crippen LogP contribution in [0.25, 0.3) is 0 Å². The zero-order chi connectivity index (χ0) is 18.6. The van der Waals surface area contributed by atoms with Crippen LogP contribution in [0.3, 0.4) is 0 Å². The molecule has 2 rings (SSSR count). The molecule has 0 unspecified atom stereocenters. The number of anilines is 2. The van der Waals surface area contributed by atoms with E-state index in [4.69, 9.17) is 5.11 Å². The van der Waals surface area contributed by atoms with Gasteiger partial charge in [0.1, 0.15) is 0 Å². The first-order valence-corrected chi connectivity index (χ1v) is 8.39. The van der Waals surface area contributed by atoms with Crippen molar-refractivity contribution < 1.29 is 19.5 Å². The van der Waals surface area contributed by atoms with Crippen LogP contribution in [-0.2, 0) is 9.59 Å². The fourth-order valence-corrected chi connectivity index (χ4v) is 2.64. The number of carboxylic acid groups (broad SMARTS) is 1. The van der Waals surface area contributed by atoms with E-state index >= 15 is 0 Å². The molecule has 0 aromatic heterocycles. The Labute approximate surface area is 147 Å². The Morgan fingerprint density at radius 3 is 2.28 bits per heavy atom. The molecule has 1 aromatic rings. The van der Waals surface area contributed by atoms with Crippen LogP contribution in [0.2, 0.25) is 0 Å². The van der Waals surface area contributed by atoms with Gasteiger partial charge in [0.05, 0.1) is 0 Å². The third kappa shape index (κ3) is 5.77. The van der Waals surface area contributed by atoms with Crippen molar-refractivity contribution in [1.82, 2.24) is 5.32 Å². The Morgan fingerprint density at radius 1 is 1.20 bits per heavy atom. The Kier molecular flexibility index (Phi) is 5.66. The van der Waals surface area contributed by atoms with E-state index in [1.54, 1.807) is 37.8 Å². The summed E-state index contributed by atoms with van der Waals surface area (Å²) in [6.07, 6.45) is 2.37. The van der Waals surface area contributed by atoms with E-state index in [1.807, 2.05) is 12.1 Å². The SMILES string of the molecule is CC(=O)N(c1ccc(NC(=O)NC(C)(C)CCC(=O)O)cc1)C1CC1. The first-order chi connectivity index (χ1) is 11.7. The molecule has 0 heterocycles. The van der Waals surface area contributed by atoms with Crippen LogP contribution in [0, 0.1) is 0 Å². The van der Waals surface area contributed by atoms with E-state index < -0.39 is 17.5 Å². The van der Waals surface area contributed by atoms with Crippen LogP contribution >= 0.6 is 0 Å². The molecule has 7 heteroatoms. The fourth-order valence-electron chi connectivity index (χ4n) is 2.64. The van der Waals surface area contributed by atoms with Gasteiger partial charge in [-0.25, -0.2) is 4.79 Å². The van der Waals surface area contributed by atoms with Crippen molar-refractivity contribution in [3.8, 4) is 0 Å². The molecule has 3 N–H and O–H groups in total. The number of hydrogen-bond acceptors (Lipinski definition) is 3. The van der Waals surface area contributed by atoms with Crippen LogP contribution < -0.4 is 15.5 Å². The van der Waals surface area contributed by atoms with Gasteiger partial charge < -0.3 is 20.6 Å². The van der Waals surface area contributed by atoms with Gasteiger partial charge in [-0.05, 0) is 57.4 Å². The molecule has 0 aliphatic heterocycles. The minimum Gasteiger partial charge on any atom is -0.481 e. The van der Waals surface area contributed by atoms with Crippen molar-refractivity contribution in [1.29, 1.82) is 0 Å². The van der Waals surface area contributed by atoms with Crippen LogP contribution in [0.15, 0.2) is 24.3 Å². The number of carbonyl (C=O) groups excluding carboxylic acids is 2. The lowest BCUT2D eigenvalue weighted by Gasteiger charge is -2.26. The summed E-state index contributed by atoms with van der Waals surface area (Å²) in [5, 5.41) is 14.2. The lowest BCUT2D eigenvalue weighted by atomic mass is 9.99. The van der Waals surface area contributed by atoms with E-state index in [2.05, 4.69) is 10.6 Å². The van der Waals surface area contributed by atoms with Crippen LogP contribution in [0.1, 0.15) is 46.5 Å². The zero-order valence-corrected chi connectivity index (χ0v) is 14.8. The number of carboxylic acids is 1. The maximum atomic E-state index is 12.1. The number of urea groups is 1. The largest absolute Gasteiger partial charge is 0.481 e. The molecular formula is C18H25N3O4. The smallest absolute Gasteiger partial charge is 0.319 e. The highest BCUT2D eigenvalue weighted by Crippen LogP contribution is 2.32. The van der Waals surface area contributed by atoms with Crippen molar-refractivity contribution in [2.24, 2.45) is 0 Å². The van der Waals surface area contributed by atoms with Crippen molar-refractivity contribution in [2.75, 3.05) is 10.2 Å². The number of benzene rings is 1. The molecule has 1 aliphatic rings. The molecule has 0 atom stereocenters. The molecule has 25 heavy (non-hydrogen) atoms. The number of carbonyl (C=O) groups is 3. The molecule has 3 amide bonds. The molecule has 1 saturated carbocycles. The minimum absolute atomic E-state index is 0.00990. The summed E-state index contributed by atoms with van der Waals surface area (Å²) in [7, 11) is 0. The lowest BCUT2D eigenvalue weighted by molar-refractivity contribution is -0.137. The molecule has 1 aliphatic carbocycles. The standard InChI is InChI=1S/C18H25N3O4/c1-12(22)21(15-8-9-15)14-6-4-13(5-7-14)19-17(25)20-18(2,3)11-10-16(23)24/h4-7,15H,8-11H2,1-3H3,(H,23,24)(H2,19,20,25). The van der Waals surface area contributed by atoms with E-state index in [-0.39, 0.29) is 18.4 Å². The van der Waals surface area contributed by atoms with Crippen molar-refractivity contribution in [3.05, 3.63) is 24.3 Å². The quantitative estimate of drug-likeness (QED) is 0.706. The second-order valence-corrected chi connectivity index (χ2v) is 7.02. The third-order valence-electron chi connectivity index (χ3n) is 4.07. The summed E-state index contributed by atoms with van der Waals surface area (Å²) in [6.45, 7) is 5.11. The van der Waals surface area contributed by atoms with E-state index in [0.29, 0.717) is 12.1 Å². The lowest BCUT2D eigenvalue weighted by Crippen LogP contribution is -2.45. The highest BCUT2D eigenvalue weighted by molar-refractivity contribution is 5.94. The maximum Gasteiger partial charge on any atom is 0.319 e. The first kappa shape index (κ1) is 18.8. The Hall–Kier alpha value is -2.57. The van der Waals surface area contributed by atoms with Crippen molar-refractivity contribution in [2.45, 2.75) is 58.0 Å². The molecule has 7 nitrogen and oxygen atoms in total. The van der Waals surface area contributed by atoms with Gasteiger partial charge in [0.2, 0.25) is 5.91 Å². The molecule has 1 fully saturated rings. The summed E-state index contributed by atoms with van der Waals surface area (Å²) >= 11 is 0. The number of rotatable bonds is 7. The summed E-state index contributed by atoms with van der Waals surface area (Å²) in [5.41, 5.74) is 0.803. The summed E-state index contributed by atoms with van der Waals surface area (Å²) < 4.78 is 0. The topological polar surface area (TPSA) is 98.7 Å². The second-order valence-electron chi connectivity index (χ2n) is 7.02. The van der Waals surface area contributed by atoms with Gasteiger partial charge >= 0.3 is 12.0 Å². The van der Waals surface area contributed by atoms with E-state index in [9.17, 15) is 14.4 Å². The van der Waals surface area contributed by atoms with Crippen molar-refractivity contribution >= 4 is 29.3 Å². The summed E-state index contributed by atoms with van der Waals surface area (Å²) in [4.78, 5) is 36.3. The monoisotopic (exact) mass is 347 g/mol. The maximum absolute atomic E-state index is 12.1. The Balaban J connectivity index is 1.93. The number of amides is 3. The minimum atomic E-state index is -0.892. The fraction of sp³-hybridized carbons (Fsp3) is 0.500. The average Bonchev–Trinajstić information content (AvgIpc) is 3.31. The molecule has 0 spiro atoms. The van der Waals surface area contributed by atoms with Gasteiger partial charge in [-0.3, -0.25) is 9.59 Å². The number of nitrogens with one attached hydrogen (secondary N) is 2. The molecule has 136 valence electrons. The molecular weight excluding hydrogens is 322 g/mol. The van der Waals surface area contributed by atoms with Gasteiger partial charge in [0.15, 0.2) is 0 Å². The van der Waals surface area contributed by atoms with Crippen LogP contribution in [-0.4, -0.2) is 34.6 Å². The van der Waals surface area contributed by atoms with E-state index in [1.165, 1.54) is 0 Å². The highest BCUT2D eigenvalue weighted by Gasteiger charge is 2.31. The summed E-state index contributed by atoms with van der Waals surface area (Å²) in [6, 6.07) is 7.01. The van der Waals surface area contributed by atoms with Gasteiger partial charge in [0.25, 0.3) is 0 Å². The predicted molar refractivity (Wildman–Crippen MR) is 95.7 cm³/mol. The third-order valence-corrected chi connectivity index (χ3v) is 4.07. The van der Waals surface area contributed by atoms with Gasteiger partial charge in [-0.2, -0.15) is 0 Å². The first-order valence-electron chi connectivity index (χ1n) is 8.39. The average molecular weight is 347 g/mol. The summed E-state index contributed by atoms with van der Waals surface area (Å²) in [5.74, 6) is -0.877. The number of aliphatic carboxylic acids is 1. The normalized spacial score (nSPS) is 13.9. The Bertz CT molecular complexity index is 651. The highest BCUT2D eigenvalue weighted by atomic mass is 16.4. The van der Waals surface area contributed by atoms with Crippen LogP contribution in [0.5, 0.6) is 0 Å². The number of nitrogens with zero attached hydrogens (tertiary/aromatic N) is 1. The number of hydrogen-bond donors (Lipinski definition) is 3. The van der Waals surface area contributed by atoms with Gasteiger partial charge in [-0.15, -0.1) is 0 Å². The molecule has 0 saturated heterocycles. The molecule has 0 radical (unpaired) electrons. The predicted octanol–water partition coefficient (Wildman–Crippen LogP) is 2.97.